The molecule has 4 N–H and O–H groups in total. The van der Waals surface area contributed by atoms with Crippen LogP contribution in [0.5, 0.6) is 0 Å². The normalized spacial score (nSPS) is 17.1. The first-order valence-electron chi connectivity index (χ1n) is 10.1. The summed E-state index contributed by atoms with van der Waals surface area (Å²) in [5.41, 5.74) is 4.29. The van der Waals surface area contributed by atoms with Crippen molar-refractivity contribution in [3.05, 3.63) is 47.7 Å². The van der Waals surface area contributed by atoms with Crippen LogP contribution in [0.15, 0.2) is 36.4 Å². The van der Waals surface area contributed by atoms with Crippen LogP contribution in [-0.4, -0.2) is 38.8 Å². The highest BCUT2D eigenvalue weighted by Crippen LogP contribution is 2.44. The second-order valence-corrected chi connectivity index (χ2v) is 8.22. The van der Waals surface area contributed by atoms with Crippen LogP contribution in [-0.2, 0) is 16.0 Å². The smallest absolute Gasteiger partial charge is 0.328 e. The van der Waals surface area contributed by atoms with E-state index in [-0.39, 0.29) is 5.41 Å². The number of pyridine rings is 1. The van der Waals surface area contributed by atoms with Crippen molar-refractivity contribution in [2.24, 2.45) is 5.41 Å². The van der Waals surface area contributed by atoms with Crippen LogP contribution in [0.25, 0.3) is 10.9 Å². The second kappa shape index (κ2) is 10.2. The molecule has 2 aromatic rings. The fraction of sp³-hybridized carbons (Fsp3) is 0.435. The summed E-state index contributed by atoms with van der Waals surface area (Å²) in [6.45, 7) is 7.55. The Hall–Kier alpha value is -2.93. The number of hydrogen-bond donors (Lipinski definition) is 4. The van der Waals surface area contributed by atoms with Gasteiger partial charge in [0, 0.05) is 35.3 Å². The zero-order valence-corrected chi connectivity index (χ0v) is 17.7. The van der Waals surface area contributed by atoms with Gasteiger partial charge >= 0.3 is 11.9 Å². The van der Waals surface area contributed by atoms with Crippen LogP contribution in [0.2, 0.25) is 0 Å². The highest BCUT2D eigenvalue weighted by atomic mass is 16.4. The number of carbonyl (C=O) groups is 2. The average molecular weight is 415 g/mol. The molecule has 1 unspecified atom stereocenters. The topological polar surface area (TPSA) is 120 Å². The molecule has 7 nitrogen and oxygen atoms in total. The Morgan fingerprint density at radius 3 is 2.43 bits per heavy atom. The predicted octanol–water partition coefficient (Wildman–Crippen LogP) is 4.16. The Balaban J connectivity index is 0.000000343. The fourth-order valence-corrected chi connectivity index (χ4v) is 3.65. The van der Waals surface area contributed by atoms with E-state index in [4.69, 9.17) is 15.2 Å². The Labute approximate surface area is 176 Å². The number of rotatable bonds is 6. The number of unbranched alkanes of at least 4 members (excludes halogenated alkanes) is 1. The molecule has 0 radical (unpaired) electrons. The molecule has 0 saturated carbocycles. The largest absolute Gasteiger partial charge is 0.478 e. The summed E-state index contributed by atoms with van der Waals surface area (Å²) >= 11 is 0. The molecule has 0 saturated heterocycles. The van der Waals surface area contributed by atoms with Crippen molar-refractivity contribution >= 4 is 28.5 Å². The van der Waals surface area contributed by atoms with Gasteiger partial charge in [-0.25, -0.2) is 9.59 Å². The molecule has 1 heterocycles. The van der Waals surface area contributed by atoms with Crippen LogP contribution in [0.4, 0.5) is 5.69 Å². The summed E-state index contributed by atoms with van der Waals surface area (Å²) in [7, 11) is 0. The van der Waals surface area contributed by atoms with Crippen molar-refractivity contribution in [2.45, 2.75) is 52.6 Å². The summed E-state index contributed by atoms with van der Waals surface area (Å²) in [6.07, 6.45) is 4.70. The number of carboxylic acids is 2. The van der Waals surface area contributed by atoms with E-state index in [1.54, 1.807) is 0 Å². The summed E-state index contributed by atoms with van der Waals surface area (Å²) in [6, 6.07) is 8.24. The van der Waals surface area contributed by atoms with Crippen molar-refractivity contribution in [3.63, 3.8) is 0 Å². The maximum Gasteiger partial charge on any atom is 0.328 e. The van der Waals surface area contributed by atoms with Gasteiger partial charge in [0.25, 0.3) is 0 Å². The number of aliphatic hydroxyl groups excluding tert-OH is 1. The molecule has 1 aliphatic rings. The number of fused-ring (bicyclic) bond motifs is 2. The summed E-state index contributed by atoms with van der Waals surface area (Å²) < 4.78 is 0. The van der Waals surface area contributed by atoms with Crippen molar-refractivity contribution in [1.29, 1.82) is 0 Å². The van der Waals surface area contributed by atoms with E-state index >= 15 is 0 Å². The van der Waals surface area contributed by atoms with Gasteiger partial charge in [-0.2, -0.15) is 0 Å². The number of benzene rings is 1. The number of nitrogens with one attached hydrogen (secondary N) is 1. The van der Waals surface area contributed by atoms with E-state index in [2.05, 4.69) is 38.2 Å². The van der Waals surface area contributed by atoms with Crippen molar-refractivity contribution in [1.82, 2.24) is 4.98 Å². The number of nitrogens with zero attached hydrogens (tertiary/aromatic N) is 1. The van der Waals surface area contributed by atoms with Gasteiger partial charge in [-0.1, -0.05) is 45.4 Å². The number of aliphatic carboxylic acids is 2. The fourth-order valence-electron chi connectivity index (χ4n) is 3.65. The monoisotopic (exact) mass is 414 g/mol. The number of carboxylic acid groups (broad SMARTS) is 2. The second-order valence-electron chi connectivity index (χ2n) is 8.22. The third kappa shape index (κ3) is 6.29. The van der Waals surface area contributed by atoms with Gasteiger partial charge in [-0.05, 0) is 30.7 Å². The first-order valence-corrected chi connectivity index (χ1v) is 10.1. The van der Waals surface area contributed by atoms with Gasteiger partial charge in [0.1, 0.15) is 0 Å². The van der Waals surface area contributed by atoms with Crippen LogP contribution >= 0.6 is 0 Å². The average Bonchev–Trinajstić information content (AvgIpc) is 2.65. The number of anilines is 1. The van der Waals surface area contributed by atoms with Gasteiger partial charge in [0.15, 0.2) is 0 Å². The van der Waals surface area contributed by atoms with Gasteiger partial charge in [-0.15, -0.1) is 0 Å². The number of para-hydroxylation sites is 1. The lowest BCUT2D eigenvalue weighted by molar-refractivity contribution is -0.134. The standard InChI is InChI=1S/C19H26N2O.C4H4O4/c1-4-5-10-20-18-13-8-6-7-9-14(13)21-15-11-19(2,3)12-16(22)17(15)18;5-3(6)1-2-4(7)8/h6-9,16,22H,4-5,10-12H2,1-3H3,(H,20,21);1-2H,(H,5,6)(H,7,8). The minimum Gasteiger partial charge on any atom is -0.478 e. The van der Waals surface area contributed by atoms with E-state index in [1.807, 2.05) is 12.1 Å². The molecule has 0 fully saturated rings. The Morgan fingerprint density at radius 2 is 1.83 bits per heavy atom. The molecule has 1 aliphatic carbocycles. The van der Waals surface area contributed by atoms with E-state index in [9.17, 15) is 14.7 Å². The molecule has 1 aromatic carbocycles. The van der Waals surface area contributed by atoms with Crippen LogP contribution < -0.4 is 5.32 Å². The highest BCUT2D eigenvalue weighted by molar-refractivity contribution is 5.93. The zero-order valence-electron chi connectivity index (χ0n) is 17.7. The third-order valence-corrected chi connectivity index (χ3v) is 4.93. The van der Waals surface area contributed by atoms with Gasteiger partial charge in [-0.3, -0.25) is 4.98 Å². The molecule has 30 heavy (non-hydrogen) atoms. The van der Waals surface area contributed by atoms with Gasteiger partial charge < -0.3 is 20.6 Å². The first kappa shape index (κ1) is 23.3. The van der Waals surface area contributed by atoms with Crippen molar-refractivity contribution < 1.29 is 24.9 Å². The van der Waals surface area contributed by atoms with Crippen molar-refractivity contribution in [3.8, 4) is 0 Å². The molecular formula is C23H30N2O5. The van der Waals surface area contributed by atoms with Gasteiger partial charge in [0.2, 0.25) is 0 Å². The van der Waals surface area contributed by atoms with Gasteiger partial charge in [0.05, 0.1) is 17.3 Å². The zero-order chi connectivity index (χ0) is 22.3. The lowest BCUT2D eigenvalue weighted by Gasteiger charge is -2.35. The highest BCUT2D eigenvalue weighted by Gasteiger charge is 2.34. The number of aromatic nitrogens is 1. The molecule has 1 aromatic heterocycles. The molecule has 0 aliphatic heterocycles. The Morgan fingerprint density at radius 1 is 1.20 bits per heavy atom. The molecule has 0 amide bonds. The van der Waals surface area contributed by atoms with E-state index in [0.717, 1.165) is 60.1 Å². The van der Waals surface area contributed by atoms with E-state index in [0.29, 0.717) is 12.2 Å². The van der Waals surface area contributed by atoms with Crippen LogP contribution in [0.1, 0.15) is 57.4 Å². The number of aliphatic hydroxyl groups is 1. The van der Waals surface area contributed by atoms with E-state index < -0.39 is 18.0 Å². The third-order valence-electron chi connectivity index (χ3n) is 4.93. The molecular weight excluding hydrogens is 384 g/mol. The van der Waals surface area contributed by atoms with Crippen LogP contribution in [0, 0.1) is 5.41 Å². The molecule has 7 heteroatoms. The summed E-state index contributed by atoms with van der Waals surface area (Å²) in [4.78, 5) is 24.0. The molecule has 1 atom stereocenters. The minimum atomic E-state index is -1.26. The predicted molar refractivity (Wildman–Crippen MR) is 117 cm³/mol. The number of hydrogen-bond acceptors (Lipinski definition) is 5. The van der Waals surface area contributed by atoms with Crippen molar-refractivity contribution in [2.75, 3.05) is 11.9 Å². The molecule has 0 bridgehead atoms. The molecule has 162 valence electrons. The molecule has 3 rings (SSSR count). The van der Waals surface area contributed by atoms with E-state index in [1.165, 1.54) is 0 Å². The SMILES string of the molecule is CCCCNc1c2c(nc3ccccc13)CC(C)(C)CC2O.O=C(O)C=CC(=O)O. The quantitative estimate of drug-likeness (QED) is 0.414. The first-order chi connectivity index (χ1) is 14.1. The minimum absolute atomic E-state index is 0.0998. The molecule has 0 spiro atoms. The van der Waals surface area contributed by atoms with Crippen LogP contribution in [0.3, 0.4) is 0 Å². The summed E-state index contributed by atoms with van der Waals surface area (Å²) in [5, 5.41) is 31.0. The lowest BCUT2D eigenvalue weighted by atomic mass is 9.74. The Bertz CT molecular complexity index is 921. The lowest BCUT2D eigenvalue weighted by Crippen LogP contribution is -2.27. The maximum absolute atomic E-state index is 10.7. The summed E-state index contributed by atoms with van der Waals surface area (Å²) in [5.74, 6) is -2.51. The Kier molecular flexibility index (Phi) is 7.94. The maximum atomic E-state index is 10.7.